The molecule has 1 rings (SSSR count). The molecular formula is C8H7ClN2O4. The maximum absolute atomic E-state index is 11.3. The lowest BCUT2D eigenvalue weighted by Crippen LogP contribution is -2.09. The van der Waals surface area contributed by atoms with Crippen molar-refractivity contribution in [2.75, 3.05) is 11.6 Å². The van der Waals surface area contributed by atoms with Crippen LogP contribution in [0.2, 0.25) is 0 Å². The number of benzene rings is 1. The van der Waals surface area contributed by atoms with Gasteiger partial charge >= 0.3 is 0 Å². The predicted octanol–water partition coefficient (Wildman–Crippen LogP) is 1.30. The van der Waals surface area contributed by atoms with Crippen molar-refractivity contribution in [3.8, 4) is 5.75 Å². The third-order valence-electron chi connectivity index (χ3n) is 1.80. The zero-order valence-electron chi connectivity index (χ0n) is 7.44. The maximum atomic E-state index is 11.3. The van der Waals surface area contributed by atoms with Crippen molar-refractivity contribution in [3.05, 3.63) is 27.8 Å². The summed E-state index contributed by atoms with van der Waals surface area (Å²) >= 11 is 5.28. The van der Waals surface area contributed by atoms with Crippen LogP contribution in [-0.2, 0) is 0 Å². The lowest BCUT2D eigenvalue weighted by molar-refractivity contribution is -0.385. The van der Waals surface area contributed by atoms with E-state index in [2.05, 4.69) is 0 Å². The molecule has 0 aromatic heterocycles. The Bertz CT molecular complexity index is 433. The van der Waals surface area contributed by atoms with Crippen LogP contribution in [0, 0.1) is 10.1 Å². The topological polar surface area (TPSA) is 106 Å². The molecule has 0 atom stereocenters. The SMILES string of the molecule is Nc1c(O)ccc([N+](=O)[O-])c1C(=O)CCl. The van der Waals surface area contributed by atoms with E-state index in [0.29, 0.717) is 0 Å². The lowest BCUT2D eigenvalue weighted by Gasteiger charge is -2.05. The number of phenolic OH excluding ortho intramolecular Hbond substituents is 1. The van der Waals surface area contributed by atoms with Gasteiger partial charge in [0.1, 0.15) is 11.3 Å². The fraction of sp³-hybridized carbons (Fsp3) is 0.125. The number of carbonyl (C=O) groups is 1. The summed E-state index contributed by atoms with van der Waals surface area (Å²) in [5, 5.41) is 19.8. The molecule has 0 bridgehead atoms. The average molecular weight is 231 g/mol. The molecule has 7 heteroatoms. The number of hydrogen-bond acceptors (Lipinski definition) is 5. The molecule has 1 aromatic carbocycles. The molecule has 0 saturated carbocycles. The molecule has 0 amide bonds. The number of nitrogens with two attached hydrogens (primary N) is 1. The van der Waals surface area contributed by atoms with E-state index in [1.165, 1.54) is 0 Å². The first kappa shape index (κ1) is 11.3. The van der Waals surface area contributed by atoms with Crippen molar-refractivity contribution in [1.29, 1.82) is 0 Å². The number of nitrogen functional groups attached to an aromatic ring is 1. The molecule has 0 unspecified atom stereocenters. The van der Waals surface area contributed by atoms with Gasteiger partial charge in [-0.25, -0.2) is 0 Å². The maximum Gasteiger partial charge on any atom is 0.282 e. The van der Waals surface area contributed by atoms with Crippen LogP contribution in [0.1, 0.15) is 10.4 Å². The van der Waals surface area contributed by atoms with Crippen LogP contribution >= 0.6 is 11.6 Å². The number of nitro groups is 1. The van der Waals surface area contributed by atoms with Crippen LogP contribution in [0.4, 0.5) is 11.4 Å². The highest BCUT2D eigenvalue weighted by molar-refractivity contribution is 6.31. The Balaban J connectivity index is 3.48. The minimum absolute atomic E-state index is 0.324. The first-order valence-corrected chi connectivity index (χ1v) is 4.37. The molecule has 0 fully saturated rings. The quantitative estimate of drug-likeness (QED) is 0.203. The van der Waals surface area contributed by atoms with Crippen molar-refractivity contribution >= 4 is 28.8 Å². The largest absolute Gasteiger partial charge is 0.506 e. The van der Waals surface area contributed by atoms with Gasteiger partial charge in [0, 0.05) is 6.07 Å². The van der Waals surface area contributed by atoms with Gasteiger partial charge in [0.05, 0.1) is 16.5 Å². The van der Waals surface area contributed by atoms with E-state index in [0.717, 1.165) is 12.1 Å². The molecule has 0 spiro atoms. The molecule has 0 radical (unpaired) electrons. The van der Waals surface area contributed by atoms with Crippen molar-refractivity contribution in [2.45, 2.75) is 0 Å². The number of Topliss-reactive ketones (excluding diaryl/α,β-unsaturated/α-hetero) is 1. The van der Waals surface area contributed by atoms with E-state index in [1.54, 1.807) is 0 Å². The Labute approximate surface area is 89.4 Å². The Kier molecular flexibility index (Phi) is 3.11. The van der Waals surface area contributed by atoms with Gasteiger partial charge in [0.15, 0.2) is 5.78 Å². The third kappa shape index (κ3) is 1.99. The third-order valence-corrected chi connectivity index (χ3v) is 2.04. The van der Waals surface area contributed by atoms with Crippen LogP contribution in [0.15, 0.2) is 12.1 Å². The van der Waals surface area contributed by atoms with Gasteiger partial charge in [0.25, 0.3) is 5.69 Å². The molecular weight excluding hydrogens is 224 g/mol. The van der Waals surface area contributed by atoms with Gasteiger partial charge in [-0.05, 0) is 6.07 Å². The smallest absolute Gasteiger partial charge is 0.282 e. The van der Waals surface area contributed by atoms with Gasteiger partial charge in [-0.15, -0.1) is 11.6 Å². The van der Waals surface area contributed by atoms with E-state index in [-0.39, 0.29) is 17.0 Å². The molecule has 0 aliphatic heterocycles. The first-order valence-electron chi connectivity index (χ1n) is 3.84. The summed E-state index contributed by atoms with van der Waals surface area (Å²) < 4.78 is 0. The number of nitrogens with zero attached hydrogens (tertiary/aromatic N) is 1. The van der Waals surface area contributed by atoms with Crippen molar-refractivity contribution in [2.24, 2.45) is 0 Å². The van der Waals surface area contributed by atoms with E-state index in [1.807, 2.05) is 0 Å². The van der Waals surface area contributed by atoms with Crippen molar-refractivity contribution in [3.63, 3.8) is 0 Å². The summed E-state index contributed by atoms with van der Waals surface area (Å²) in [6.45, 7) is 0. The van der Waals surface area contributed by atoms with Gasteiger partial charge in [-0.2, -0.15) is 0 Å². The minimum Gasteiger partial charge on any atom is -0.506 e. The zero-order chi connectivity index (χ0) is 11.6. The second-order valence-corrected chi connectivity index (χ2v) is 2.97. The highest BCUT2D eigenvalue weighted by atomic mass is 35.5. The van der Waals surface area contributed by atoms with Gasteiger partial charge in [0.2, 0.25) is 0 Å². The summed E-state index contributed by atoms with van der Waals surface area (Å²) in [5.41, 5.74) is 4.23. The Hall–Kier alpha value is -1.82. The number of halogens is 1. The number of anilines is 1. The summed E-state index contributed by atoms with van der Waals surface area (Å²) in [4.78, 5) is 21.1. The number of carbonyl (C=O) groups excluding carboxylic acids is 1. The fourth-order valence-electron chi connectivity index (χ4n) is 1.11. The van der Waals surface area contributed by atoms with Gasteiger partial charge in [-0.1, -0.05) is 0 Å². The van der Waals surface area contributed by atoms with E-state index < -0.39 is 22.3 Å². The predicted molar refractivity (Wildman–Crippen MR) is 54.2 cm³/mol. The fourth-order valence-corrected chi connectivity index (χ4v) is 1.24. The Morgan fingerprint density at radius 1 is 1.60 bits per heavy atom. The van der Waals surface area contributed by atoms with Crippen molar-refractivity contribution < 1.29 is 14.8 Å². The number of ketones is 1. The molecule has 80 valence electrons. The van der Waals surface area contributed by atoms with Gasteiger partial charge < -0.3 is 10.8 Å². The second kappa shape index (κ2) is 4.14. The molecule has 0 heterocycles. The highest BCUT2D eigenvalue weighted by Gasteiger charge is 2.24. The van der Waals surface area contributed by atoms with Crippen LogP contribution < -0.4 is 5.73 Å². The molecule has 0 aliphatic carbocycles. The minimum atomic E-state index is -0.754. The van der Waals surface area contributed by atoms with Crippen LogP contribution in [0.3, 0.4) is 0 Å². The summed E-state index contributed by atoms with van der Waals surface area (Å²) in [6, 6.07) is 2.06. The number of aromatic hydroxyl groups is 1. The summed E-state index contributed by atoms with van der Waals surface area (Å²) in [5.74, 6) is -1.51. The standard InChI is InChI=1S/C8H7ClN2O4/c9-3-6(13)7-4(11(14)15)1-2-5(12)8(7)10/h1-2,12H,3,10H2. The molecule has 3 N–H and O–H groups in total. The second-order valence-electron chi connectivity index (χ2n) is 2.71. The average Bonchev–Trinajstić information content (AvgIpc) is 2.20. The van der Waals surface area contributed by atoms with Crippen LogP contribution in [0.25, 0.3) is 0 Å². The van der Waals surface area contributed by atoms with Gasteiger partial charge in [-0.3, -0.25) is 14.9 Å². The molecule has 0 aliphatic rings. The highest BCUT2D eigenvalue weighted by Crippen LogP contribution is 2.32. The van der Waals surface area contributed by atoms with Crippen LogP contribution in [0.5, 0.6) is 5.75 Å². The lowest BCUT2D eigenvalue weighted by atomic mass is 10.1. The Morgan fingerprint density at radius 3 is 2.67 bits per heavy atom. The number of phenols is 1. The Morgan fingerprint density at radius 2 is 2.20 bits per heavy atom. The molecule has 0 saturated heterocycles. The number of alkyl halides is 1. The molecule has 6 nitrogen and oxygen atoms in total. The molecule has 1 aromatic rings. The van der Waals surface area contributed by atoms with E-state index in [4.69, 9.17) is 17.3 Å². The molecule has 15 heavy (non-hydrogen) atoms. The van der Waals surface area contributed by atoms with E-state index >= 15 is 0 Å². The number of hydrogen-bond donors (Lipinski definition) is 2. The van der Waals surface area contributed by atoms with Crippen molar-refractivity contribution in [1.82, 2.24) is 0 Å². The first-order chi connectivity index (χ1) is 6.99. The number of rotatable bonds is 3. The monoisotopic (exact) mass is 230 g/mol. The number of nitro benzene ring substituents is 1. The normalized spacial score (nSPS) is 9.93. The zero-order valence-corrected chi connectivity index (χ0v) is 8.19. The van der Waals surface area contributed by atoms with Crippen LogP contribution in [-0.4, -0.2) is 21.7 Å². The summed E-state index contributed by atoms with van der Waals surface area (Å²) in [7, 11) is 0. The summed E-state index contributed by atoms with van der Waals surface area (Å²) in [6.07, 6.45) is 0. The van der Waals surface area contributed by atoms with E-state index in [9.17, 15) is 20.0 Å².